The molecule has 1 amide bonds. The molecule has 20 heavy (non-hydrogen) atoms. The third-order valence-corrected chi connectivity index (χ3v) is 4.72. The highest BCUT2D eigenvalue weighted by atomic mass is 32.2. The Kier molecular flexibility index (Phi) is 4.95. The highest BCUT2D eigenvalue weighted by Crippen LogP contribution is 2.18. The fourth-order valence-electron chi connectivity index (χ4n) is 1.44. The molecule has 1 heterocycles. The van der Waals surface area contributed by atoms with Gasteiger partial charge < -0.3 is 15.5 Å². The van der Waals surface area contributed by atoms with Crippen molar-refractivity contribution in [3.63, 3.8) is 0 Å². The summed E-state index contributed by atoms with van der Waals surface area (Å²) in [5.41, 5.74) is 5.09. The quantitative estimate of drug-likeness (QED) is 0.699. The molecule has 0 saturated heterocycles. The van der Waals surface area contributed by atoms with E-state index >= 15 is 0 Å². The monoisotopic (exact) mass is 303 g/mol. The molecular weight excluding hydrogens is 282 g/mol. The lowest BCUT2D eigenvalue weighted by atomic mass is 9.88. The van der Waals surface area contributed by atoms with Gasteiger partial charge in [0.25, 0.3) is 15.9 Å². The number of carbonyl (C=O) groups excluding carboxylic acids is 1. The Morgan fingerprint density at radius 2 is 2.05 bits per heavy atom. The van der Waals surface area contributed by atoms with Gasteiger partial charge in [0.05, 0.1) is 5.54 Å². The second-order valence-corrected chi connectivity index (χ2v) is 6.87. The summed E-state index contributed by atoms with van der Waals surface area (Å²) in [6, 6.07) is 2.55. The molecule has 0 radical (unpaired) electrons. The number of hydrogen-bond donors (Lipinski definition) is 3. The Balaban J connectivity index is 2.95. The van der Waals surface area contributed by atoms with E-state index in [0.29, 0.717) is 0 Å². The molecule has 114 valence electrons. The molecule has 1 atom stereocenters. The Labute approximate surface area is 119 Å². The third kappa shape index (κ3) is 3.38. The van der Waals surface area contributed by atoms with Crippen molar-refractivity contribution in [2.45, 2.75) is 31.4 Å². The first-order chi connectivity index (χ1) is 9.16. The molecule has 0 aromatic carbocycles. The molecule has 0 fully saturated rings. The predicted octanol–water partition coefficient (Wildman–Crippen LogP) is 0.291. The first-order valence-electron chi connectivity index (χ1n) is 6.22. The lowest BCUT2D eigenvalue weighted by Gasteiger charge is -2.33. The van der Waals surface area contributed by atoms with Crippen molar-refractivity contribution < 1.29 is 17.6 Å². The van der Waals surface area contributed by atoms with Crippen LogP contribution < -0.4 is 15.8 Å². The van der Waals surface area contributed by atoms with Crippen LogP contribution in [0.4, 0.5) is 0 Å². The van der Waals surface area contributed by atoms with Crippen LogP contribution in [0.1, 0.15) is 31.3 Å². The summed E-state index contributed by atoms with van der Waals surface area (Å²) in [5, 5.41) is 2.47. The third-order valence-electron chi connectivity index (χ3n) is 3.44. The largest absolute Gasteiger partial charge is 0.438 e. The van der Waals surface area contributed by atoms with Crippen LogP contribution in [0.15, 0.2) is 21.6 Å². The minimum absolute atomic E-state index is 0.0702. The van der Waals surface area contributed by atoms with Gasteiger partial charge >= 0.3 is 0 Å². The fourth-order valence-corrected chi connectivity index (χ4v) is 2.09. The Hall–Kier alpha value is -1.38. The number of carbonyl (C=O) groups is 1. The van der Waals surface area contributed by atoms with E-state index in [-0.39, 0.29) is 23.3 Å². The normalized spacial score (nSPS) is 15.1. The summed E-state index contributed by atoms with van der Waals surface area (Å²) < 4.78 is 30.2. The van der Waals surface area contributed by atoms with Crippen LogP contribution in [0.2, 0.25) is 0 Å². The maximum atomic E-state index is 12.1. The molecule has 0 aliphatic rings. The Bertz CT molecular complexity index is 579. The lowest BCUT2D eigenvalue weighted by molar-refractivity contribution is 0.0849. The zero-order valence-electron chi connectivity index (χ0n) is 12.1. The van der Waals surface area contributed by atoms with Crippen molar-refractivity contribution in [1.82, 2.24) is 10.0 Å². The van der Waals surface area contributed by atoms with E-state index in [1.165, 1.54) is 19.2 Å². The molecule has 1 rings (SSSR count). The van der Waals surface area contributed by atoms with E-state index in [0.717, 1.165) is 0 Å². The van der Waals surface area contributed by atoms with Gasteiger partial charge in [0.15, 0.2) is 5.76 Å². The van der Waals surface area contributed by atoms with Crippen LogP contribution in [-0.4, -0.2) is 33.5 Å². The summed E-state index contributed by atoms with van der Waals surface area (Å²) in [7, 11) is -2.43. The van der Waals surface area contributed by atoms with Crippen LogP contribution in [-0.2, 0) is 10.0 Å². The number of sulfonamides is 1. The standard InChI is InChI=1S/C12H21N3O4S/c1-8(2)12(3,7-13)15-11(16)9-5-6-10(19-9)20(17,18)14-4/h5-6,8,14H,7,13H2,1-4H3,(H,15,16). The SMILES string of the molecule is CNS(=O)(=O)c1ccc(C(=O)NC(C)(CN)C(C)C)o1. The highest BCUT2D eigenvalue weighted by Gasteiger charge is 2.30. The van der Waals surface area contributed by atoms with Crippen molar-refractivity contribution in [3.8, 4) is 0 Å². The number of furan rings is 1. The summed E-state index contributed by atoms with van der Waals surface area (Å²) in [5.74, 6) is -0.449. The van der Waals surface area contributed by atoms with Crippen molar-refractivity contribution in [1.29, 1.82) is 0 Å². The van der Waals surface area contributed by atoms with Crippen molar-refractivity contribution in [2.75, 3.05) is 13.6 Å². The van der Waals surface area contributed by atoms with E-state index < -0.39 is 21.5 Å². The molecule has 7 nitrogen and oxygen atoms in total. The van der Waals surface area contributed by atoms with E-state index in [2.05, 4.69) is 10.0 Å². The second-order valence-electron chi connectivity index (χ2n) is 5.06. The van der Waals surface area contributed by atoms with Gasteiger partial charge in [-0.3, -0.25) is 4.79 Å². The summed E-state index contributed by atoms with van der Waals surface area (Å²) in [6.07, 6.45) is 0. The summed E-state index contributed by atoms with van der Waals surface area (Å²) in [4.78, 5) is 12.1. The van der Waals surface area contributed by atoms with Crippen LogP contribution in [0.3, 0.4) is 0 Å². The molecular formula is C12H21N3O4S. The fraction of sp³-hybridized carbons (Fsp3) is 0.583. The average Bonchev–Trinajstić information content (AvgIpc) is 2.88. The van der Waals surface area contributed by atoms with Crippen LogP contribution in [0.5, 0.6) is 0 Å². The zero-order valence-corrected chi connectivity index (χ0v) is 12.9. The molecule has 1 aromatic heterocycles. The number of hydrogen-bond acceptors (Lipinski definition) is 5. The number of amides is 1. The van der Waals surface area contributed by atoms with Crippen LogP contribution in [0, 0.1) is 5.92 Å². The van der Waals surface area contributed by atoms with Gasteiger partial charge in [-0.15, -0.1) is 0 Å². The van der Waals surface area contributed by atoms with E-state index in [1.54, 1.807) is 0 Å². The molecule has 0 bridgehead atoms. The van der Waals surface area contributed by atoms with Gasteiger partial charge in [-0.1, -0.05) is 13.8 Å². The summed E-state index contributed by atoms with van der Waals surface area (Å²) >= 11 is 0. The highest BCUT2D eigenvalue weighted by molar-refractivity contribution is 7.89. The minimum atomic E-state index is -3.70. The van der Waals surface area contributed by atoms with Gasteiger partial charge in [0.1, 0.15) is 0 Å². The molecule has 8 heteroatoms. The lowest BCUT2D eigenvalue weighted by Crippen LogP contribution is -2.54. The molecule has 1 unspecified atom stereocenters. The van der Waals surface area contributed by atoms with Gasteiger partial charge in [-0.2, -0.15) is 0 Å². The minimum Gasteiger partial charge on any atom is -0.438 e. The van der Waals surface area contributed by atoms with E-state index in [1.807, 2.05) is 20.8 Å². The average molecular weight is 303 g/mol. The van der Waals surface area contributed by atoms with Gasteiger partial charge in [0, 0.05) is 6.54 Å². The van der Waals surface area contributed by atoms with Crippen molar-refractivity contribution >= 4 is 15.9 Å². The number of nitrogens with two attached hydrogens (primary N) is 1. The van der Waals surface area contributed by atoms with Gasteiger partial charge in [0.2, 0.25) is 5.09 Å². The van der Waals surface area contributed by atoms with Crippen molar-refractivity contribution in [3.05, 3.63) is 17.9 Å². The summed E-state index contributed by atoms with van der Waals surface area (Å²) in [6.45, 7) is 5.96. The maximum absolute atomic E-state index is 12.1. The molecule has 0 saturated carbocycles. The smallest absolute Gasteiger partial charge is 0.287 e. The van der Waals surface area contributed by atoms with E-state index in [4.69, 9.17) is 10.2 Å². The first-order valence-corrected chi connectivity index (χ1v) is 7.70. The van der Waals surface area contributed by atoms with E-state index in [9.17, 15) is 13.2 Å². The molecule has 0 spiro atoms. The Morgan fingerprint density at radius 3 is 2.50 bits per heavy atom. The first kappa shape index (κ1) is 16.7. The number of nitrogens with one attached hydrogen (secondary N) is 2. The topological polar surface area (TPSA) is 114 Å². The van der Waals surface area contributed by atoms with Gasteiger partial charge in [-0.05, 0) is 32.0 Å². The Morgan fingerprint density at radius 1 is 1.45 bits per heavy atom. The molecule has 1 aromatic rings. The molecule has 4 N–H and O–H groups in total. The molecule has 0 aliphatic heterocycles. The number of rotatable bonds is 6. The predicted molar refractivity (Wildman–Crippen MR) is 74.7 cm³/mol. The van der Waals surface area contributed by atoms with Crippen LogP contribution in [0.25, 0.3) is 0 Å². The zero-order chi connectivity index (χ0) is 15.6. The van der Waals surface area contributed by atoms with Gasteiger partial charge in [-0.25, -0.2) is 13.1 Å². The second kappa shape index (κ2) is 5.94. The maximum Gasteiger partial charge on any atom is 0.287 e. The van der Waals surface area contributed by atoms with Crippen molar-refractivity contribution in [2.24, 2.45) is 11.7 Å². The molecule has 0 aliphatic carbocycles. The van der Waals surface area contributed by atoms with Crippen LogP contribution >= 0.6 is 0 Å².